The van der Waals surface area contributed by atoms with E-state index < -0.39 is 17.8 Å². The van der Waals surface area contributed by atoms with Crippen LogP contribution in [0.25, 0.3) is 0 Å². The lowest BCUT2D eigenvalue weighted by Crippen LogP contribution is -2.20. The molecule has 0 heterocycles. The number of carbonyl (C=O) groups is 2. The molecule has 108 valence electrons. The van der Waals surface area contributed by atoms with Gasteiger partial charge in [-0.1, -0.05) is 24.3 Å². The Balaban J connectivity index is 1.96. The Hall–Kier alpha value is -2.89. The zero-order chi connectivity index (χ0) is 15.2. The van der Waals surface area contributed by atoms with Crippen LogP contribution < -0.4 is 16.4 Å². The van der Waals surface area contributed by atoms with Crippen molar-refractivity contribution in [3.8, 4) is 0 Å². The average Bonchev–Trinajstić information content (AvgIpc) is 2.43. The first-order valence-corrected chi connectivity index (χ1v) is 6.24. The molecule has 5 nitrogen and oxygen atoms in total. The summed E-state index contributed by atoms with van der Waals surface area (Å²) in [5.41, 5.74) is 6.46. The summed E-state index contributed by atoms with van der Waals surface area (Å²) in [6.07, 6.45) is 0.141. The smallest absolute Gasteiger partial charge is 0.323 e. The summed E-state index contributed by atoms with van der Waals surface area (Å²) in [4.78, 5) is 22.5. The zero-order valence-corrected chi connectivity index (χ0v) is 11.1. The number of carbonyl (C=O) groups excluding carboxylic acids is 2. The minimum atomic E-state index is -0.553. The van der Waals surface area contributed by atoms with Crippen molar-refractivity contribution in [2.24, 2.45) is 5.73 Å². The van der Waals surface area contributed by atoms with Gasteiger partial charge in [0, 0.05) is 5.69 Å². The summed E-state index contributed by atoms with van der Waals surface area (Å²) >= 11 is 0. The van der Waals surface area contributed by atoms with E-state index in [2.05, 4.69) is 10.6 Å². The van der Waals surface area contributed by atoms with E-state index in [-0.39, 0.29) is 12.1 Å². The van der Waals surface area contributed by atoms with Gasteiger partial charge in [0.1, 0.15) is 5.82 Å². The molecular formula is C15H14FN3O2. The third-order valence-corrected chi connectivity index (χ3v) is 2.71. The predicted molar refractivity (Wildman–Crippen MR) is 78.4 cm³/mol. The molecule has 0 radical (unpaired) electrons. The monoisotopic (exact) mass is 287 g/mol. The van der Waals surface area contributed by atoms with Gasteiger partial charge in [-0.25, -0.2) is 9.18 Å². The summed E-state index contributed by atoms with van der Waals surface area (Å²) in [5, 5.41) is 4.97. The molecule has 6 heteroatoms. The Morgan fingerprint density at radius 2 is 1.67 bits per heavy atom. The molecule has 2 aromatic rings. The van der Waals surface area contributed by atoms with Crippen LogP contribution >= 0.6 is 0 Å². The van der Waals surface area contributed by atoms with E-state index in [1.54, 1.807) is 30.3 Å². The maximum atomic E-state index is 13.4. The molecule has 0 fully saturated rings. The normalized spacial score (nSPS) is 9.95. The van der Waals surface area contributed by atoms with Crippen LogP contribution in [0.3, 0.4) is 0 Å². The number of nitrogens with one attached hydrogen (secondary N) is 2. The fraction of sp³-hybridized carbons (Fsp3) is 0.0667. The third-order valence-electron chi connectivity index (χ3n) is 2.71. The zero-order valence-electron chi connectivity index (χ0n) is 11.1. The summed E-state index contributed by atoms with van der Waals surface area (Å²) in [5.74, 6) is -0.933. The van der Waals surface area contributed by atoms with Crippen LogP contribution in [0.15, 0.2) is 48.5 Å². The SMILES string of the molecule is NC(=O)Cc1ccc(NC(=O)Nc2ccccc2F)cc1. The highest BCUT2D eigenvalue weighted by atomic mass is 19.1. The summed E-state index contributed by atoms with van der Waals surface area (Å²) in [6, 6.07) is 12.0. The summed E-state index contributed by atoms with van der Waals surface area (Å²) in [6.45, 7) is 0. The van der Waals surface area contributed by atoms with Crippen LogP contribution in [0.4, 0.5) is 20.6 Å². The number of benzene rings is 2. The average molecular weight is 287 g/mol. The van der Waals surface area contributed by atoms with Gasteiger partial charge < -0.3 is 16.4 Å². The lowest BCUT2D eigenvalue weighted by molar-refractivity contribution is -0.117. The minimum absolute atomic E-state index is 0.0975. The second kappa shape index (κ2) is 6.51. The van der Waals surface area contributed by atoms with E-state index >= 15 is 0 Å². The van der Waals surface area contributed by atoms with Gasteiger partial charge in [0.25, 0.3) is 0 Å². The first kappa shape index (κ1) is 14.5. The molecule has 0 unspecified atom stereocenters. The highest BCUT2D eigenvalue weighted by Gasteiger charge is 2.06. The van der Waals surface area contributed by atoms with Crippen molar-refractivity contribution in [1.29, 1.82) is 0 Å². The Labute approximate surface area is 121 Å². The lowest BCUT2D eigenvalue weighted by atomic mass is 10.1. The minimum Gasteiger partial charge on any atom is -0.369 e. The highest BCUT2D eigenvalue weighted by molar-refractivity contribution is 5.99. The van der Waals surface area contributed by atoms with Crippen LogP contribution in [-0.2, 0) is 11.2 Å². The molecular weight excluding hydrogens is 273 g/mol. The molecule has 0 spiro atoms. The van der Waals surface area contributed by atoms with Gasteiger partial charge in [0.2, 0.25) is 5.91 Å². The van der Waals surface area contributed by atoms with Crippen molar-refractivity contribution in [3.05, 3.63) is 59.9 Å². The number of para-hydroxylation sites is 1. The summed E-state index contributed by atoms with van der Waals surface area (Å²) < 4.78 is 13.4. The molecule has 0 saturated heterocycles. The van der Waals surface area contributed by atoms with E-state index in [1.165, 1.54) is 18.2 Å². The number of halogens is 1. The van der Waals surface area contributed by atoms with Crippen molar-refractivity contribution in [2.45, 2.75) is 6.42 Å². The van der Waals surface area contributed by atoms with Crippen molar-refractivity contribution < 1.29 is 14.0 Å². The molecule has 0 aromatic heterocycles. The number of urea groups is 1. The van der Waals surface area contributed by atoms with Crippen LogP contribution in [0.2, 0.25) is 0 Å². The fourth-order valence-corrected chi connectivity index (χ4v) is 1.75. The highest BCUT2D eigenvalue weighted by Crippen LogP contribution is 2.14. The van der Waals surface area contributed by atoms with E-state index in [0.29, 0.717) is 5.69 Å². The van der Waals surface area contributed by atoms with Gasteiger partial charge in [-0.05, 0) is 29.8 Å². The standard InChI is InChI=1S/C15H14FN3O2/c16-12-3-1-2-4-13(12)19-15(21)18-11-7-5-10(6-8-11)9-14(17)20/h1-8H,9H2,(H2,17,20)(H2,18,19,21). The van der Waals surface area contributed by atoms with Crippen LogP contribution in [0, 0.1) is 5.82 Å². The molecule has 0 aliphatic heterocycles. The number of amides is 3. The Kier molecular flexibility index (Phi) is 4.50. The van der Waals surface area contributed by atoms with Gasteiger partial charge in [-0.3, -0.25) is 4.79 Å². The van der Waals surface area contributed by atoms with Gasteiger partial charge >= 0.3 is 6.03 Å². The number of rotatable bonds is 4. The second-order valence-electron chi connectivity index (χ2n) is 4.40. The fourth-order valence-electron chi connectivity index (χ4n) is 1.75. The largest absolute Gasteiger partial charge is 0.369 e. The Bertz CT molecular complexity index is 656. The number of anilines is 2. The predicted octanol–water partition coefficient (Wildman–Crippen LogP) is 2.50. The second-order valence-corrected chi connectivity index (χ2v) is 4.40. The molecule has 2 rings (SSSR count). The van der Waals surface area contributed by atoms with Crippen LogP contribution in [-0.4, -0.2) is 11.9 Å². The van der Waals surface area contributed by atoms with Crippen LogP contribution in [0.5, 0.6) is 0 Å². The molecule has 0 aliphatic rings. The van der Waals surface area contributed by atoms with Gasteiger partial charge in [0.15, 0.2) is 0 Å². The number of hydrogen-bond acceptors (Lipinski definition) is 2. The third kappa shape index (κ3) is 4.31. The van der Waals surface area contributed by atoms with Gasteiger partial charge in [0.05, 0.1) is 12.1 Å². The van der Waals surface area contributed by atoms with E-state index in [4.69, 9.17) is 5.73 Å². The van der Waals surface area contributed by atoms with Crippen molar-refractivity contribution in [1.82, 2.24) is 0 Å². The van der Waals surface area contributed by atoms with Crippen LogP contribution in [0.1, 0.15) is 5.56 Å². The topological polar surface area (TPSA) is 84.2 Å². The van der Waals surface area contributed by atoms with Crippen molar-refractivity contribution in [3.63, 3.8) is 0 Å². The summed E-state index contributed by atoms with van der Waals surface area (Å²) in [7, 11) is 0. The molecule has 3 amide bonds. The number of nitrogens with two attached hydrogens (primary N) is 1. The number of hydrogen-bond donors (Lipinski definition) is 3. The Morgan fingerprint density at radius 1 is 1.00 bits per heavy atom. The molecule has 4 N–H and O–H groups in total. The molecule has 2 aromatic carbocycles. The molecule has 21 heavy (non-hydrogen) atoms. The quantitative estimate of drug-likeness (QED) is 0.807. The maximum Gasteiger partial charge on any atom is 0.323 e. The maximum absolute atomic E-state index is 13.4. The first-order valence-electron chi connectivity index (χ1n) is 6.24. The lowest BCUT2D eigenvalue weighted by Gasteiger charge is -2.08. The van der Waals surface area contributed by atoms with E-state index in [0.717, 1.165) is 5.56 Å². The van der Waals surface area contributed by atoms with Crippen molar-refractivity contribution in [2.75, 3.05) is 10.6 Å². The van der Waals surface area contributed by atoms with E-state index in [9.17, 15) is 14.0 Å². The first-order chi connectivity index (χ1) is 10.0. The number of primary amides is 1. The van der Waals surface area contributed by atoms with Gasteiger partial charge in [-0.15, -0.1) is 0 Å². The molecule has 0 aliphatic carbocycles. The van der Waals surface area contributed by atoms with Crippen molar-refractivity contribution >= 4 is 23.3 Å². The molecule has 0 bridgehead atoms. The molecule has 0 atom stereocenters. The molecule has 0 saturated carbocycles. The van der Waals surface area contributed by atoms with Gasteiger partial charge in [-0.2, -0.15) is 0 Å². The Morgan fingerprint density at radius 3 is 2.29 bits per heavy atom. The van der Waals surface area contributed by atoms with E-state index in [1.807, 2.05) is 0 Å².